The highest BCUT2D eigenvalue weighted by molar-refractivity contribution is 5.85. The second-order valence-electron chi connectivity index (χ2n) is 3.62. The van der Waals surface area contributed by atoms with Gasteiger partial charge in [-0.05, 0) is 11.6 Å². The van der Waals surface area contributed by atoms with Gasteiger partial charge in [0, 0.05) is 25.8 Å². The van der Waals surface area contributed by atoms with Crippen molar-refractivity contribution in [2.24, 2.45) is 0 Å². The molecule has 1 saturated heterocycles. The molecular formula is C10H14N2O3. The molecule has 0 spiro atoms. The van der Waals surface area contributed by atoms with E-state index < -0.39 is 5.97 Å². The lowest BCUT2D eigenvalue weighted by Crippen LogP contribution is -2.35. The van der Waals surface area contributed by atoms with Gasteiger partial charge in [0.25, 0.3) is 0 Å². The zero-order valence-corrected chi connectivity index (χ0v) is 8.40. The minimum absolute atomic E-state index is 0.248. The molecule has 82 valence electrons. The first-order chi connectivity index (χ1) is 7.25. The molecule has 1 aromatic heterocycles. The maximum atomic E-state index is 10.6. The standard InChI is InChI=1S/C10H14N2O3/c13-10(14)9-5-8(6-11-9)7-12-1-3-15-4-2-12/h5-6,11H,1-4,7H2,(H,13,14). The van der Waals surface area contributed by atoms with E-state index >= 15 is 0 Å². The number of hydrogen-bond acceptors (Lipinski definition) is 3. The molecule has 0 saturated carbocycles. The van der Waals surface area contributed by atoms with E-state index in [4.69, 9.17) is 9.84 Å². The molecule has 1 aliphatic rings. The van der Waals surface area contributed by atoms with Crippen LogP contribution in [0.1, 0.15) is 16.1 Å². The van der Waals surface area contributed by atoms with E-state index in [1.165, 1.54) is 0 Å². The Labute approximate surface area is 87.7 Å². The van der Waals surface area contributed by atoms with Crippen LogP contribution in [0.4, 0.5) is 0 Å². The van der Waals surface area contributed by atoms with Crippen LogP contribution in [0.25, 0.3) is 0 Å². The maximum Gasteiger partial charge on any atom is 0.352 e. The summed E-state index contributed by atoms with van der Waals surface area (Å²) in [6.45, 7) is 4.13. The van der Waals surface area contributed by atoms with E-state index in [1.54, 1.807) is 12.3 Å². The Bertz CT molecular complexity index is 342. The molecule has 5 heteroatoms. The molecule has 5 nitrogen and oxygen atoms in total. The Morgan fingerprint density at radius 3 is 2.87 bits per heavy atom. The first kappa shape index (κ1) is 10.2. The smallest absolute Gasteiger partial charge is 0.352 e. The highest BCUT2D eigenvalue weighted by Crippen LogP contribution is 2.08. The number of hydrogen-bond donors (Lipinski definition) is 2. The lowest BCUT2D eigenvalue weighted by Gasteiger charge is -2.25. The Hall–Kier alpha value is -1.33. The van der Waals surface area contributed by atoms with Crippen LogP contribution in [-0.2, 0) is 11.3 Å². The summed E-state index contributed by atoms with van der Waals surface area (Å²) < 4.78 is 5.24. The zero-order valence-electron chi connectivity index (χ0n) is 8.40. The average molecular weight is 210 g/mol. The molecule has 1 aromatic rings. The first-order valence-electron chi connectivity index (χ1n) is 4.96. The summed E-state index contributed by atoms with van der Waals surface area (Å²) in [5.41, 5.74) is 1.26. The number of aromatic carboxylic acids is 1. The molecule has 2 rings (SSSR count). The van der Waals surface area contributed by atoms with E-state index in [0.29, 0.717) is 0 Å². The van der Waals surface area contributed by atoms with Crippen molar-refractivity contribution in [1.82, 2.24) is 9.88 Å². The number of carbonyl (C=O) groups is 1. The molecule has 15 heavy (non-hydrogen) atoms. The van der Waals surface area contributed by atoms with Gasteiger partial charge in [-0.1, -0.05) is 0 Å². The Morgan fingerprint density at radius 1 is 1.53 bits per heavy atom. The van der Waals surface area contributed by atoms with Crippen LogP contribution >= 0.6 is 0 Å². The summed E-state index contributed by atoms with van der Waals surface area (Å²) in [4.78, 5) is 15.6. The predicted octanol–water partition coefficient (Wildman–Crippen LogP) is 0.545. The maximum absolute atomic E-state index is 10.6. The van der Waals surface area contributed by atoms with Gasteiger partial charge in [-0.15, -0.1) is 0 Å². The topological polar surface area (TPSA) is 65.6 Å². The van der Waals surface area contributed by atoms with Gasteiger partial charge in [-0.25, -0.2) is 4.79 Å². The Balaban J connectivity index is 1.94. The van der Waals surface area contributed by atoms with E-state index in [2.05, 4.69) is 9.88 Å². The van der Waals surface area contributed by atoms with E-state index in [-0.39, 0.29) is 5.69 Å². The van der Waals surface area contributed by atoms with E-state index in [9.17, 15) is 4.79 Å². The van der Waals surface area contributed by atoms with E-state index in [1.807, 2.05) is 0 Å². The normalized spacial score (nSPS) is 17.9. The number of aromatic nitrogens is 1. The van der Waals surface area contributed by atoms with Crippen molar-refractivity contribution >= 4 is 5.97 Å². The van der Waals surface area contributed by atoms with Crippen molar-refractivity contribution in [2.75, 3.05) is 26.3 Å². The fourth-order valence-corrected chi connectivity index (χ4v) is 1.67. The first-order valence-corrected chi connectivity index (χ1v) is 4.96. The fourth-order valence-electron chi connectivity index (χ4n) is 1.67. The molecule has 0 radical (unpaired) electrons. The second-order valence-corrected chi connectivity index (χ2v) is 3.62. The average Bonchev–Trinajstić information content (AvgIpc) is 2.68. The Kier molecular flexibility index (Phi) is 3.03. The van der Waals surface area contributed by atoms with Crippen molar-refractivity contribution in [3.63, 3.8) is 0 Å². The van der Waals surface area contributed by atoms with Crippen molar-refractivity contribution in [3.05, 3.63) is 23.5 Å². The lowest BCUT2D eigenvalue weighted by molar-refractivity contribution is 0.0342. The molecular weight excluding hydrogens is 196 g/mol. The van der Waals surface area contributed by atoms with Crippen LogP contribution in [0.15, 0.2) is 12.3 Å². The number of aromatic amines is 1. The van der Waals surface area contributed by atoms with Crippen LogP contribution in [0, 0.1) is 0 Å². The molecule has 0 unspecified atom stereocenters. The van der Waals surface area contributed by atoms with Gasteiger partial charge >= 0.3 is 5.97 Å². The van der Waals surface area contributed by atoms with Crippen molar-refractivity contribution in [2.45, 2.75) is 6.54 Å². The largest absolute Gasteiger partial charge is 0.477 e. The van der Waals surface area contributed by atoms with Gasteiger partial charge in [-0.3, -0.25) is 4.90 Å². The molecule has 1 fully saturated rings. The number of H-pyrrole nitrogens is 1. The van der Waals surface area contributed by atoms with Crippen LogP contribution in [0.5, 0.6) is 0 Å². The molecule has 0 amide bonds. The number of morpholine rings is 1. The Morgan fingerprint density at radius 2 is 2.27 bits per heavy atom. The summed E-state index contributed by atoms with van der Waals surface area (Å²) in [5, 5.41) is 8.74. The van der Waals surface area contributed by atoms with E-state index in [0.717, 1.165) is 38.4 Å². The van der Waals surface area contributed by atoms with Crippen molar-refractivity contribution < 1.29 is 14.6 Å². The van der Waals surface area contributed by atoms with Gasteiger partial charge in [0.2, 0.25) is 0 Å². The van der Waals surface area contributed by atoms with Gasteiger partial charge < -0.3 is 14.8 Å². The summed E-state index contributed by atoms with van der Waals surface area (Å²) >= 11 is 0. The number of ether oxygens (including phenoxy) is 1. The minimum Gasteiger partial charge on any atom is -0.477 e. The summed E-state index contributed by atoms with van der Waals surface area (Å²) in [7, 11) is 0. The van der Waals surface area contributed by atoms with Gasteiger partial charge in [-0.2, -0.15) is 0 Å². The van der Waals surface area contributed by atoms with Crippen molar-refractivity contribution in [3.8, 4) is 0 Å². The predicted molar refractivity (Wildman–Crippen MR) is 53.8 cm³/mol. The summed E-state index contributed by atoms with van der Waals surface area (Å²) in [6, 6.07) is 1.68. The summed E-state index contributed by atoms with van der Waals surface area (Å²) in [6.07, 6.45) is 1.75. The third-order valence-electron chi connectivity index (χ3n) is 2.48. The molecule has 2 N–H and O–H groups in total. The number of carboxylic acids is 1. The van der Waals surface area contributed by atoms with Crippen LogP contribution in [0.2, 0.25) is 0 Å². The van der Waals surface area contributed by atoms with Crippen molar-refractivity contribution in [1.29, 1.82) is 0 Å². The lowest BCUT2D eigenvalue weighted by atomic mass is 10.2. The quantitative estimate of drug-likeness (QED) is 0.764. The highest BCUT2D eigenvalue weighted by atomic mass is 16.5. The van der Waals surface area contributed by atoms with Crippen LogP contribution < -0.4 is 0 Å². The number of nitrogens with one attached hydrogen (secondary N) is 1. The van der Waals surface area contributed by atoms with Crippen LogP contribution in [0.3, 0.4) is 0 Å². The SMILES string of the molecule is O=C(O)c1cc(CN2CCOCC2)c[nH]1. The molecule has 0 bridgehead atoms. The second kappa shape index (κ2) is 4.46. The highest BCUT2D eigenvalue weighted by Gasteiger charge is 2.12. The van der Waals surface area contributed by atoms with Gasteiger partial charge in [0.1, 0.15) is 5.69 Å². The zero-order chi connectivity index (χ0) is 10.7. The molecule has 2 heterocycles. The van der Waals surface area contributed by atoms with Gasteiger partial charge in [0.15, 0.2) is 0 Å². The monoisotopic (exact) mass is 210 g/mol. The minimum atomic E-state index is -0.914. The molecule has 1 aliphatic heterocycles. The molecule has 0 atom stereocenters. The number of nitrogens with zero attached hydrogens (tertiary/aromatic N) is 1. The van der Waals surface area contributed by atoms with Gasteiger partial charge in [0.05, 0.1) is 13.2 Å². The summed E-state index contributed by atoms with van der Waals surface area (Å²) in [5.74, 6) is -0.914. The third kappa shape index (κ3) is 2.57. The number of rotatable bonds is 3. The number of carboxylic acid groups (broad SMARTS) is 1. The fraction of sp³-hybridized carbons (Fsp3) is 0.500. The van der Waals surface area contributed by atoms with Crippen LogP contribution in [-0.4, -0.2) is 47.3 Å². The third-order valence-corrected chi connectivity index (χ3v) is 2.48. The molecule has 0 aromatic carbocycles. The molecule has 0 aliphatic carbocycles.